The van der Waals surface area contributed by atoms with Crippen molar-refractivity contribution in [2.75, 3.05) is 13.7 Å². The predicted molar refractivity (Wildman–Crippen MR) is 133 cm³/mol. The number of hydrogen-bond donors (Lipinski definition) is 3. The van der Waals surface area contributed by atoms with Crippen LogP contribution < -0.4 is 10.1 Å². The number of nitrogens with one attached hydrogen (secondary N) is 1. The normalized spacial score (nSPS) is 21.0. The number of aliphatic hydroxyl groups is 2. The van der Waals surface area contributed by atoms with E-state index in [0.717, 1.165) is 21.7 Å². The van der Waals surface area contributed by atoms with Crippen LogP contribution in [0.4, 0.5) is 0 Å². The SMILES string of the molecule is CCC1(C(O)NCc2ccc(-c3scnc3C)cc2)C[C@@H](O)CN1C(=O)c1cccc(OC)c1. The van der Waals surface area contributed by atoms with Crippen LogP contribution in [-0.2, 0) is 6.54 Å². The first kappa shape index (κ1) is 24.3. The third-order valence-electron chi connectivity index (χ3n) is 6.66. The van der Waals surface area contributed by atoms with Gasteiger partial charge in [0.05, 0.1) is 34.8 Å². The molecule has 2 heterocycles. The number of thiazole rings is 1. The summed E-state index contributed by atoms with van der Waals surface area (Å²) in [7, 11) is 1.55. The second-order valence-electron chi connectivity index (χ2n) is 8.71. The summed E-state index contributed by atoms with van der Waals surface area (Å²) in [6.45, 7) is 4.53. The van der Waals surface area contributed by atoms with E-state index < -0.39 is 17.9 Å². The number of carbonyl (C=O) groups excluding carboxylic acids is 1. The van der Waals surface area contributed by atoms with E-state index >= 15 is 0 Å². The molecule has 0 bridgehead atoms. The number of carbonyl (C=O) groups is 1. The number of aromatic nitrogens is 1. The van der Waals surface area contributed by atoms with Crippen LogP contribution >= 0.6 is 11.3 Å². The number of β-amino-alcohol motifs (C(OH)–C–C–N with tert-alkyl or cyclic N) is 1. The molecule has 0 spiro atoms. The van der Waals surface area contributed by atoms with Gasteiger partial charge < -0.3 is 19.8 Å². The number of ether oxygens (including phenoxy) is 1. The van der Waals surface area contributed by atoms with Crippen LogP contribution in [0, 0.1) is 6.92 Å². The van der Waals surface area contributed by atoms with Gasteiger partial charge in [0.25, 0.3) is 5.91 Å². The minimum Gasteiger partial charge on any atom is -0.497 e. The highest BCUT2D eigenvalue weighted by atomic mass is 32.1. The zero-order valence-corrected chi connectivity index (χ0v) is 20.5. The Kier molecular flexibility index (Phi) is 7.33. The summed E-state index contributed by atoms with van der Waals surface area (Å²) in [6.07, 6.45) is -0.908. The smallest absolute Gasteiger partial charge is 0.254 e. The molecule has 8 heteroatoms. The number of rotatable bonds is 8. The fourth-order valence-electron chi connectivity index (χ4n) is 4.72. The molecule has 34 heavy (non-hydrogen) atoms. The highest BCUT2D eigenvalue weighted by Gasteiger charge is 2.51. The first-order valence-electron chi connectivity index (χ1n) is 11.4. The minimum absolute atomic E-state index is 0.172. The first-order chi connectivity index (χ1) is 16.4. The molecule has 7 nitrogen and oxygen atoms in total. The molecular weight excluding hydrogens is 450 g/mol. The molecule has 3 atom stereocenters. The van der Waals surface area contributed by atoms with Gasteiger partial charge in [0.15, 0.2) is 0 Å². The second-order valence-corrected chi connectivity index (χ2v) is 9.56. The van der Waals surface area contributed by atoms with E-state index in [1.54, 1.807) is 47.6 Å². The van der Waals surface area contributed by atoms with Crippen molar-refractivity contribution >= 4 is 17.2 Å². The third kappa shape index (κ3) is 4.72. The fourth-order valence-corrected chi connectivity index (χ4v) is 5.53. The topological polar surface area (TPSA) is 94.9 Å². The van der Waals surface area contributed by atoms with Crippen LogP contribution in [0.25, 0.3) is 10.4 Å². The summed E-state index contributed by atoms with van der Waals surface area (Å²) in [5.41, 5.74) is 4.53. The van der Waals surface area contributed by atoms with Crippen molar-refractivity contribution in [1.29, 1.82) is 0 Å². The minimum atomic E-state index is -1.01. The summed E-state index contributed by atoms with van der Waals surface area (Å²) in [5, 5.41) is 24.9. The molecule has 1 aliphatic rings. The van der Waals surface area contributed by atoms with Crippen LogP contribution in [0.1, 0.15) is 41.4 Å². The van der Waals surface area contributed by atoms with Crippen LogP contribution in [-0.4, -0.2) is 57.5 Å². The Morgan fingerprint density at radius 3 is 2.74 bits per heavy atom. The number of amides is 1. The summed E-state index contributed by atoms with van der Waals surface area (Å²) in [4.78, 5) is 20.5. The van der Waals surface area contributed by atoms with Gasteiger partial charge in [-0.15, -0.1) is 11.3 Å². The number of aryl methyl sites for hydroxylation is 1. The molecule has 1 fully saturated rings. The third-order valence-corrected chi connectivity index (χ3v) is 7.64. The Morgan fingerprint density at radius 1 is 1.32 bits per heavy atom. The van der Waals surface area contributed by atoms with E-state index in [1.165, 1.54) is 0 Å². The number of aliphatic hydroxyl groups excluding tert-OH is 2. The van der Waals surface area contributed by atoms with Gasteiger partial charge in [-0.3, -0.25) is 10.1 Å². The maximum Gasteiger partial charge on any atom is 0.254 e. The van der Waals surface area contributed by atoms with E-state index in [0.29, 0.717) is 30.7 Å². The number of benzene rings is 2. The van der Waals surface area contributed by atoms with Crippen LogP contribution in [0.5, 0.6) is 5.75 Å². The molecule has 2 unspecified atom stereocenters. The maximum atomic E-state index is 13.4. The van der Waals surface area contributed by atoms with Gasteiger partial charge in [0.2, 0.25) is 0 Å². The number of likely N-dealkylation sites (tertiary alicyclic amines) is 1. The molecule has 4 rings (SSSR count). The second kappa shape index (κ2) is 10.2. The lowest BCUT2D eigenvalue weighted by Gasteiger charge is -2.41. The number of methoxy groups -OCH3 is 1. The predicted octanol–water partition coefficient (Wildman–Crippen LogP) is 3.59. The van der Waals surface area contributed by atoms with Crippen LogP contribution in [0.2, 0.25) is 0 Å². The van der Waals surface area contributed by atoms with Crippen LogP contribution in [0.3, 0.4) is 0 Å². The standard InChI is InChI=1S/C26H31N3O4S/c1-4-26(13-21(30)15-29(26)24(31)20-6-5-7-22(12-20)33-3)25(32)27-14-18-8-10-19(11-9-18)23-17(2)28-16-34-23/h5-12,16,21,25,27,30,32H,4,13-15H2,1-3H3/t21-,25?,26?/m1/s1. The highest BCUT2D eigenvalue weighted by molar-refractivity contribution is 7.13. The highest BCUT2D eigenvalue weighted by Crippen LogP contribution is 2.37. The summed E-state index contributed by atoms with van der Waals surface area (Å²) in [5.74, 6) is 0.353. The molecule has 0 saturated carbocycles. The average Bonchev–Trinajstić information content (AvgIpc) is 3.45. The van der Waals surface area contributed by atoms with E-state index in [-0.39, 0.29) is 12.5 Å². The lowest BCUT2D eigenvalue weighted by molar-refractivity contribution is -0.0237. The molecule has 0 radical (unpaired) electrons. The molecule has 3 N–H and O–H groups in total. The van der Waals surface area contributed by atoms with Gasteiger partial charge in [-0.2, -0.15) is 0 Å². The van der Waals surface area contributed by atoms with E-state index in [1.807, 2.05) is 31.5 Å². The molecule has 0 aliphatic carbocycles. The van der Waals surface area contributed by atoms with E-state index in [4.69, 9.17) is 4.74 Å². The molecule has 2 aromatic carbocycles. The van der Waals surface area contributed by atoms with Gasteiger partial charge in [-0.05, 0) is 42.7 Å². The largest absolute Gasteiger partial charge is 0.497 e. The first-order valence-corrected chi connectivity index (χ1v) is 12.3. The molecule has 1 saturated heterocycles. The number of hydrogen-bond acceptors (Lipinski definition) is 7. The van der Waals surface area contributed by atoms with Crippen molar-refractivity contribution < 1.29 is 19.7 Å². The quantitative estimate of drug-likeness (QED) is 0.426. The average molecular weight is 482 g/mol. The lowest BCUT2D eigenvalue weighted by Crippen LogP contribution is -2.59. The van der Waals surface area contributed by atoms with Crippen molar-refractivity contribution in [1.82, 2.24) is 15.2 Å². The fraction of sp³-hybridized carbons (Fsp3) is 0.385. The maximum absolute atomic E-state index is 13.4. The Hall–Kier alpha value is -2.78. The Labute approximate surface area is 204 Å². The van der Waals surface area contributed by atoms with E-state index in [2.05, 4.69) is 22.4 Å². The summed E-state index contributed by atoms with van der Waals surface area (Å²) >= 11 is 1.61. The zero-order valence-electron chi connectivity index (χ0n) is 19.7. The number of nitrogens with zero attached hydrogens (tertiary/aromatic N) is 2. The molecule has 3 aromatic rings. The van der Waals surface area contributed by atoms with Gasteiger partial charge >= 0.3 is 0 Å². The summed E-state index contributed by atoms with van der Waals surface area (Å²) in [6, 6.07) is 15.1. The Balaban J connectivity index is 1.49. The van der Waals surface area contributed by atoms with Gasteiger partial charge in [-0.25, -0.2) is 4.98 Å². The molecule has 1 amide bonds. The van der Waals surface area contributed by atoms with Crippen molar-refractivity contribution in [3.05, 3.63) is 70.9 Å². The monoisotopic (exact) mass is 481 g/mol. The van der Waals surface area contributed by atoms with Crippen molar-refractivity contribution in [3.8, 4) is 16.2 Å². The van der Waals surface area contributed by atoms with Crippen molar-refractivity contribution in [2.24, 2.45) is 0 Å². The summed E-state index contributed by atoms with van der Waals surface area (Å²) < 4.78 is 5.26. The Morgan fingerprint density at radius 2 is 2.09 bits per heavy atom. The van der Waals surface area contributed by atoms with E-state index in [9.17, 15) is 15.0 Å². The van der Waals surface area contributed by atoms with Gasteiger partial charge in [0, 0.05) is 25.1 Å². The molecule has 1 aliphatic heterocycles. The van der Waals surface area contributed by atoms with Crippen LogP contribution in [0.15, 0.2) is 54.0 Å². The van der Waals surface area contributed by atoms with Gasteiger partial charge in [-0.1, -0.05) is 37.3 Å². The molecular formula is C26H31N3O4S. The molecule has 180 valence electrons. The van der Waals surface area contributed by atoms with Crippen molar-refractivity contribution in [3.63, 3.8) is 0 Å². The lowest BCUT2D eigenvalue weighted by atomic mass is 9.89. The van der Waals surface area contributed by atoms with Crippen molar-refractivity contribution in [2.45, 2.75) is 51.1 Å². The molecule has 1 aromatic heterocycles. The van der Waals surface area contributed by atoms with Gasteiger partial charge in [0.1, 0.15) is 12.0 Å². The Bertz CT molecular complexity index is 1130. The zero-order chi connectivity index (χ0) is 24.3.